The summed E-state index contributed by atoms with van der Waals surface area (Å²) in [6.45, 7) is 1.43. The van der Waals surface area contributed by atoms with Gasteiger partial charge in [0.05, 0.1) is 23.8 Å². The van der Waals surface area contributed by atoms with Crippen molar-refractivity contribution >= 4 is 22.3 Å². The van der Waals surface area contributed by atoms with Crippen LogP contribution in [0.25, 0.3) is 38.9 Å². The van der Waals surface area contributed by atoms with E-state index in [-0.39, 0.29) is 11.9 Å². The lowest BCUT2D eigenvalue weighted by molar-refractivity contribution is 0.0715. The quantitative estimate of drug-likeness (QED) is 0.447. The fourth-order valence-electron chi connectivity index (χ4n) is 4.56. The molecule has 5 aromatic rings. The second-order valence-corrected chi connectivity index (χ2v) is 8.79. The van der Waals surface area contributed by atoms with Crippen molar-refractivity contribution in [2.45, 2.75) is 18.9 Å². The highest BCUT2D eigenvalue weighted by Gasteiger charge is 2.21. The topological polar surface area (TPSA) is 89.4 Å². The molecule has 7 heteroatoms. The van der Waals surface area contributed by atoms with E-state index in [1.165, 1.54) is 0 Å². The van der Waals surface area contributed by atoms with Gasteiger partial charge in [-0.2, -0.15) is 0 Å². The molecule has 0 unspecified atom stereocenters. The van der Waals surface area contributed by atoms with E-state index in [4.69, 9.17) is 5.73 Å². The number of piperidine rings is 1. The molecule has 168 valence electrons. The Kier molecular flexibility index (Phi) is 5.04. The van der Waals surface area contributed by atoms with E-state index in [9.17, 15) is 4.79 Å². The Balaban J connectivity index is 1.31. The molecule has 6 rings (SSSR count). The lowest BCUT2D eigenvalue weighted by Crippen LogP contribution is -2.42. The summed E-state index contributed by atoms with van der Waals surface area (Å²) >= 11 is 0. The molecule has 0 aliphatic carbocycles. The Hall–Kier alpha value is -4.10. The van der Waals surface area contributed by atoms with Crippen LogP contribution in [0.4, 0.5) is 0 Å². The Morgan fingerprint density at radius 3 is 2.50 bits per heavy atom. The van der Waals surface area contributed by atoms with Crippen LogP contribution in [0.15, 0.2) is 79.5 Å². The number of amides is 1. The summed E-state index contributed by atoms with van der Waals surface area (Å²) in [4.78, 5) is 28.1. The van der Waals surface area contributed by atoms with E-state index < -0.39 is 0 Å². The average Bonchev–Trinajstić information content (AvgIpc) is 3.32. The van der Waals surface area contributed by atoms with Crippen molar-refractivity contribution in [3.63, 3.8) is 0 Å². The normalized spacial score (nSPS) is 14.7. The molecule has 4 heterocycles. The Morgan fingerprint density at radius 1 is 0.882 bits per heavy atom. The molecule has 1 saturated heterocycles. The summed E-state index contributed by atoms with van der Waals surface area (Å²) in [5.41, 5.74) is 11.3. The molecule has 0 spiro atoms. The number of likely N-dealkylation sites (tertiary alicyclic amines) is 1. The maximum atomic E-state index is 12.8. The molecule has 7 nitrogen and oxygen atoms in total. The van der Waals surface area contributed by atoms with Crippen LogP contribution in [0, 0.1) is 0 Å². The summed E-state index contributed by atoms with van der Waals surface area (Å²) in [6, 6.07) is 16.2. The second kappa shape index (κ2) is 8.35. The van der Waals surface area contributed by atoms with Gasteiger partial charge in [0.25, 0.3) is 5.91 Å². The van der Waals surface area contributed by atoms with Gasteiger partial charge in [-0.3, -0.25) is 19.2 Å². The third-order valence-corrected chi connectivity index (χ3v) is 6.59. The first-order valence-electron chi connectivity index (χ1n) is 11.5. The van der Waals surface area contributed by atoms with Crippen LogP contribution < -0.4 is 5.73 Å². The van der Waals surface area contributed by atoms with Crippen LogP contribution in [0.2, 0.25) is 0 Å². The Bertz CT molecular complexity index is 1500. The third-order valence-electron chi connectivity index (χ3n) is 6.59. The number of carbonyl (C=O) groups is 1. The molecule has 2 N–H and O–H groups in total. The van der Waals surface area contributed by atoms with Crippen molar-refractivity contribution in [1.82, 2.24) is 24.3 Å². The smallest absolute Gasteiger partial charge is 0.253 e. The van der Waals surface area contributed by atoms with E-state index in [1.807, 2.05) is 53.8 Å². The fourth-order valence-corrected chi connectivity index (χ4v) is 4.56. The van der Waals surface area contributed by atoms with E-state index >= 15 is 0 Å². The molecule has 2 aromatic carbocycles. The first kappa shape index (κ1) is 20.5. The van der Waals surface area contributed by atoms with Crippen molar-refractivity contribution < 1.29 is 4.79 Å². The number of rotatable bonds is 3. The highest BCUT2D eigenvalue weighted by Crippen LogP contribution is 2.27. The van der Waals surface area contributed by atoms with Gasteiger partial charge in [0.1, 0.15) is 0 Å². The maximum absolute atomic E-state index is 12.8. The highest BCUT2D eigenvalue weighted by molar-refractivity contribution is 5.94. The molecule has 1 aliphatic rings. The minimum atomic E-state index is 0.0604. The van der Waals surface area contributed by atoms with Gasteiger partial charge in [-0.1, -0.05) is 24.3 Å². The predicted octanol–water partition coefficient (Wildman–Crippen LogP) is 4.17. The minimum absolute atomic E-state index is 0.0604. The van der Waals surface area contributed by atoms with E-state index in [1.54, 1.807) is 12.4 Å². The number of nitrogens with zero attached hydrogens (tertiary/aromatic N) is 5. The number of hydrogen-bond acceptors (Lipinski definition) is 5. The van der Waals surface area contributed by atoms with Crippen LogP contribution in [0.1, 0.15) is 23.2 Å². The van der Waals surface area contributed by atoms with Gasteiger partial charge in [-0.05, 0) is 42.5 Å². The molecule has 1 fully saturated rings. The van der Waals surface area contributed by atoms with Crippen molar-refractivity contribution in [2.24, 2.45) is 5.73 Å². The van der Waals surface area contributed by atoms with Crippen LogP contribution in [-0.4, -0.2) is 49.3 Å². The van der Waals surface area contributed by atoms with Crippen molar-refractivity contribution in [2.75, 3.05) is 13.1 Å². The number of nitrogens with two attached hydrogens (primary N) is 1. The highest BCUT2D eigenvalue weighted by atomic mass is 16.2. The monoisotopic (exact) mass is 448 g/mol. The number of pyridine rings is 1. The number of carbonyl (C=O) groups excluding carboxylic acids is 1. The summed E-state index contributed by atoms with van der Waals surface area (Å²) in [5, 5.41) is 2.23. The summed E-state index contributed by atoms with van der Waals surface area (Å²) in [6.07, 6.45) is 11.0. The summed E-state index contributed by atoms with van der Waals surface area (Å²) in [5.74, 6) is 0.0604. The maximum Gasteiger partial charge on any atom is 0.253 e. The van der Waals surface area contributed by atoms with Gasteiger partial charge in [0.15, 0.2) is 5.65 Å². The number of fused-ring (bicyclic) bond motifs is 2. The first-order chi connectivity index (χ1) is 16.7. The molecular formula is C27H24N6O. The average molecular weight is 449 g/mol. The minimum Gasteiger partial charge on any atom is -0.339 e. The molecule has 34 heavy (non-hydrogen) atoms. The van der Waals surface area contributed by atoms with Crippen LogP contribution in [0.3, 0.4) is 0 Å². The van der Waals surface area contributed by atoms with Crippen LogP contribution >= 0.6 is 0 Å². The third kappa shape index (κ3) is 3.70. The first-order valence-corrected chi connectivity index (χ1v) is 11.5. The molecule has 0 saturated carbocycles. The van der Waals surface area contributed by atoms with Gasteiger partial charge in [-0.25, -0.2) is 4.98 Å². The zero-order chi connectivity index (χ0) is 23.1. The zero-order valence-electron chi connectivity index (χ0n) is 18.6. The standard InChI is InChI=1S/C27H24N6O/c28-23-8-11-32(12-9-23)27(34)19-3-1-18(2-4-19)24-17-33-25(15-31-26(33)16-30-24)21-5-6-22-14-29-10-7-20(22)13-21/h1-7,10,13-17,23H,8-9,11-12,28H2. The van der Waals surface area contributed by atoms with E-state index in [0.717, 1.165) is 51.8 Å². The number of hydrogen-bond donors (Lipinski definition) is 1. The molecule has 3 aromatic heterocycles. The Morgan fingerprint density at radius 2 is 1.68 bits per heavy atom. The summed E-state index contributed by atoms with van der Waals surface area (Å²) < 4.78 is 2.06. The molecular weight excluding hydrogens is 424 g/mol. The van der Waals surface area contributed by atoms with Crippen LogP contribution in [0.5, 0.6) is 0 Å². The number of aromatic nitrogens is 4. The van der Waals surface area contributed by atoms with Crippen LogP contribution in [-0.2, 0) is 0 Å². The molecule has 0 bridgehead atoms. The molecule has 1 amide bonds. The predicted molar refractivity (Wildman–Crippen MR) is 132 cm³/mol. The van der Waals surface area contributed by atoms with Gasteiger partial charge in [-0.15, -0.1) is 0 Å². The SMILES string of the molecule is NC1CCN(C(=O)c2ccc(-c3cn4c(-c5ccc6cnccc6c5)cnc4cn3)cc2)CC1. The van der Waals surface area contributed by atoms with E-state index in [0.29, 0.717) is 18.7 Å². The number of imidazole rings is 1. The second-order valence-electron chi connectivity index (χ2n) is 8.79. The van der Waals surface area contributed by atoms with Gasteiger partial charge < -0.3 is 10.6 Å². The zero-order valence-corrected chi connectivity index (χ0v) is 18.6. The van der Waals surface area contributed by atoms with Crippen molar-refractivity contribution in [1.29, 1.82) is 0 Å². The number of benzene rings is 2. The van der Waals surface area contributed by atoms with Gasteiger partial charge >= 0.3 is 0 Å². The summed E-state index contributed by atoms with van der Waals surface area (Å²) in [7, 11) is 0. The van der Waals surface area contributed by atoms with Gasteiger partial charge in [0.2, 0.25) is 0 Å². The van der Waals surface area contributed by atoms with Gasteiger partial charge in [0, 0.05) is 59.8 Å². The molecule has 0 atom stereocenters. The molecule has 0 radical (unpaired) electrons. The van der Waals surface area contributed by atoms with E-state index in [2.05, 4.69) is 37.6 Å². The lowest BCUT2D eigenvalue weighted by atomic mass is 10.0. The largest absolute Gasteiger partial charge is 0.339 e. The Labute approximate surface area is 196 Å². The lowest BCUT2D eigenvalue weighted by Gasteiger charge is -2.30. The molecule has 1 aliphatic heterocycles. The van der Waals surface area contributed by atoms with Crippen molar-refractivity contribution in [3.8, 4) is 22.5 Å². The van der Waals surface area contributed by atoms with Crippen molar-refractivity contribution in [3.05, 3.63) is 85.1 Å². The fraction of sp³-hybridized carbons (Fsp3) is 0.185.